The molecule has 17 heavy (non-hydrogen) atoms. The number of nitrogens with zero attached hydrogens (tertiary/aromatic N) is 1. The molecular formula is C14H20N2O. The van der Waals surface area contributed by atoms with Crippen molar-refractivity contribution in [2.75, 3.05) is 13.1 Å². The van der Waals surface area contributed by atoms with E-state index in [-0.39, 0.29) is 5.91 Å². The highest BCUT2D eigenvalue weighted by Gasteiger charge is 2.25. The molecule has 1 N–H and O–H groups in total. The first-order valence-corrected chi connectivity index (χ1v) is 6.27. The second-order valence-corrected chi connectivity index (χ2v) is 4.91. The Balaban J connectivity index is 1.89. The average molecular weight is 232 g/mol. The van der Waals surface area contributed by atoms with Gasteiger partial charge in [-0.2, -0.15) is 0 Å². The monoisotopic (exact) mass is 232 g/mol. The number of hydrogen-bond donors (Lipinski definition) is 1. The van der Waals surface area contributed by atoms with Gasteiger partial charge in [0, 0.05) is 30.7 Å². The lowest BCUT2D eigenvalue weighted by atomic mass is 10.2. The molecule has 3 heteroatoms. The quantitative estimate of drug-likeness (QED) is 0.863. The van der Waals surface area contributed by atoms with Gasteiger partial charge in [0.05, 0.1) is 0 Å². The third-order valence-corrected chi connectivity index (χ3v) is 3.32. The van der Waals surface area contributed by atoms with Crippen molar-refractivity contribution >= 4 is 5.91 Å². The fraction of sp³-hybridized carbons (Fsp3) is 0.500. The van der Waals surface area contributed by atoms with Crippen LogP contribution in [0.1, 0.15) is 30.6 Å². The first kappa shape index (κ1) is 12.1. The summed E-state index contributed by atoms with van der Waals surface area (Å²) in [6.45, 7) is 6.44. The molecular weight excluding hydrogens is 212 g/mol. The highest BCUT2D eigenvalue weighted by Crippen LogP contribution is 2.12. The van der Waals surface area contributed by atoms with E-state index in [1.54, 1.807) is 0 Å². The lowest BCUT2D eigenvalue weighted by Crippen LogP contribution is -2.38. The lowest BCUT2D eigenvalue weighted by Gasteiger charge is -2.20. The Morgan fingerprint density at radius 2 is 2.06 bits per heavy atom. The summed E-state index contributed by atoms with van der Waals surface area (Å²) >= 11 is 0. The van der Waals surface area contributed by atoms with E-state index in [1.165, 1.54) is 0 Å². The number of rotatable bonds is 3. The molecule has 1 aromatic carbocycles. The first-order chi connectivity index (χ1) is 8.16. The zero-order valence-electron chi connectivity index (χ0n) is 10.5. The lowest BCUT2D eigenvalue weighted by molar-refractivity contribution is 0.0936. The molecule has 0 saturated carbocycles. The fourth-order valence-electron chi connectivity index (χ4n) is 2.23. The van der Waals surface area contributed by atoms with Gasteiger partial charge in [0.25, 0.3) is 5.91 Å². The van der Waals surface area contributed by atoms with Crippen LogP contribution >= 0.6 is 0 Å². The second kappa shape index (κ2) is 5.32. The fourth-order valence-corrected chi connectivity index (χ4v) is 2.23. The summed E-state index contributed by atoms with van der Waals surface area (Å²) < 4.78 is 0. The summed E-state index contributed by atoms with van der Waals surface area (Å²) in [4.78, 5) is 14.3. The number of hydrogen-bond acceptors (Lipinski definition) is 2. The van der Waals surface area contributed by atoms with E-state index in [2.05, 4.69) is 24.1 Å². The van der Waals surface area contributed by atoms with Crippen molar-refractivity contribution < 1.29 is 4.79 Å². The molecule has 1 aliphatic heterocycles. The number of benzene rings is 1. The summed E-state index contributed by atoms with van der Waals surface area (Å²) in [7, 11) is 0. The second-order valence-electron chi connectivity index (χ2n) is 4.91. The standard InChI is InChI=1S/C14H20N2O/c1-11(2)16-9-8-13(10-16)15-14(17)12-6-4-3-5-7-12/h3-7,11,13H,8-10H2,1-2H3,(H,15,17)/t13-/m0/s1. The van der Waals surface area contributed by atoms with Crippen LogP contribution in [0.5, 0.6) is 0 Å². The van der Waals surface area contributed by atoms with E-state index >= 15 is 0 Å². The normalized spacial score (nSPS) is 20.8. The predicted octanol–water partition coefficient (Wildman–Crippen LogP) is 1.90. The number of nitrogens with one attached hydrogen (secondary N) is 1. The summed E-state index contributed by atoms with van der Waals surface area (Å²) in [6, 6.07) is 10.3. The van der Waals surface area contributed by atoms with Crippen molar-refractivity contribution in [1.29, 1.82) is 0 Å². The summed E-state index contributed by atoms with van der Waals surface area (Å²) in [5.41, 5.74) is 0.746. The minimum atomic E-state index is 0.0428. The van der Waals surface area contributed by atoms with Gasteiger partial charge in [0.15, 0.2) is 0 Å². The minimum Gasteiger partial charge on any atom is -0.348 e. The maximum absolute atomic E-state index is 11.9. The molecule has 0 aromatic heterocycles. The van der Waals surface area contributed by atoms with Gasteiger partial charge in [-0.1, -0.05) is 18.2 Å². The van der Waals surface area contributed by atoms with Crippen LogP contribution in [-0.4, -0.2) is 36.0 Å². The molecule has 1 fully saturated rings. The van der Waals surface area contributed by atoms with E-state index in [4.69, 9.17) is 0 Å². The van der Waals surface area contributed by atoms with Gasteiger partial charge in [-0.05, 0) is 32.4 Å². The summed E-state index contributed by atoms with van der Waals surface area (Å²) in [5, 5.41) is 3.10. The Kier molecular flexibility index (Phi) is 3.79. The Morgan fingerprint density at radius 3 is 2.65 bits per heavy atom. The van der Waals surface area contributed by atoms with Crippen molar-refractivity contribution in [3.05, 3.63) is 35.9 Å². The maximum atomic E-state index is 11.9. The van der Waals surface area contributed by atoms with Crippen LogP contribution < -0.4 is 5.32 Å². The summed E-state index contributed by atoms with van der Waals surface area (Å²) in [5.74, 6) is 0.0428. The number of carbonyl (C=O) groups is 1. The number of amides is 1. The smallest absolute Gasteiger partial charge is 0.251 e. The molecule has 1 aromatic rings. The van der Waals surface area contributed by atoms with Crippen molar-refractivity contribution in [1.82, 2.24) is 10.2 Å². The molecule has 1 amide bonds. The van der Waals surface area contributed by atoms with Gasteiger partial charge in [0.2, 0.25) is 0 Å². The third-order valence-electron chi connectivity index (χ3n) is 3.32. The van der Waals surface area contributed by atoms with Crippen LogP contribution in [0.25, 0.3) is 0 Å². The van der Waals surface area contributed by atoms with Crippen molar-refractivity contribution in [2.24, 2.45) is 0 Å². The van der Waals surface area contributed by atoms with Crippen molar-refractivity contribution in [3.8, 4) is 0 Å². The molecule has 92 valence electrons. The third kappa shape index (κ3) is 3.07. The van der Waals surface area contributed by atoms with Crippen LogP contribution in [0, 0.1) is 0 Å². The molecule has 0 unspecified atom stereocenters. The molecule has 0 bridgehead atoms. The van der Waals surface area contributed by atoms with E-state index in [1.807, 2.05) is 30.3 Å². The maximum Gasteiger partial charge on any atom is 0.251 e. The minimum absolute atomic E-state index is 0.0428. The Morgan fingerprint density at radius 1 is 1.35 bits per heavy atom. The van der Waals surface area contributed by atoms with Crippen LogP contribution in [0.4, 0.5) is 0 Å². The largest absolute Gasteiger partial charge is 0.348 e. The van der Waals surface area contributed by atoms with Gasteiger partial charge >= 0.3 is 0 Å². The zero-order valence-corrected chi connectivity index (χ0v) is 10.5. The van der Waals surface area contributed by atoms with Crippen LogP contribution in [0.2, 0.25) is 0 Å². The molecule has 2 rings (SSSR count). The topological polar surface area (TPSA) is 32.3 Å². The molecule has 1 saturated heterocycles. The Bertz CT molecular complexity index is 375. The van der Waals surface area contributed by atoms with Crippen LogP contribution in [0.15, 0.2) is 30.3 Å². The molecule has 1 aliphatic rings. The summed E-state index contributed by atoms with van der Waals surface area (Å²) in [6.07, 6.45) is 1.05. The van der Waals surface area contributed by atoms with Gasteiger partial charge in [0.1, 0.15) is 0 Å². The van der Waals surface area contributed by atoms with Crippen LogP contribution in [0.3, 0.4) is 0 Å². The molecule has 3 nitrogen and oxygen atoms in total. The highest BCUT2D eigenvalue weighted by molar-refractivity contribution is 5.94. The average Bonchev–Trinajstić information content (AvgIpc) is 2.79. The van der Waals surface area contributed by atoms with Gasteiger partial charge in [-0.15, -0.1) is 0 Å². The van der Waals surface area contributed by atoms with Crippen LogP contribution in [-0.2, 0) is 0 Å². The van der Waals surface area contributed by atoms with E-state index in [0.717, 1.165) is 25.1 Å². The highest BCUT2D eigenvalue weighted by atomic mass is 16.1. The van der Waals surface area contributed by atoms with E-state index in [0.29, 0.717) is 12.1 Å². The Labute approximate surface area is 103 Å². The number of carbonyl (C=O) groups excluding carboxylic acids is 1. The number of likely N-dealkylation sites (tertiary alicyclic amines) is 1. The zero-order chi connectivity index (χ0) is 12.3. The molecule has 1 heterocycles. The van der Waals surface area contributed by atoms with Gasteiger partial charge < -0.3 is 5.32 Å². The van der Waals surface area contributed by atoms with E-state index < -0.39 is 0 Å². The molecule has 1 atom stereocenters. The molecule has 0 aliphatic carbocycles. The van der Waals surface area contributed by atoms with E-state index in [9.17, 15) is 4.79 Å². The van der Waals surface area contributed by atoms with Crippen molar-refractivity contribution in [3.63, 3.8) is 0 Å². The predicted molar refractivity (Wildman–Crippen MR) is 69.0 cm³/mol. The van der Waals surface area contributed by atoms with Gasteiger partial charge in [-0.25, -0.2) is 0 Å². The van der Waals surface area contributed by atoms with Crippen molar-refractivity contribution in [2.45, 2.75) is 32.4 Å². The Hall–Kier alpha value is -1.35. The first-order valence-electron chi connectivity index (χ1n) is 6.27. The molecule has 0 radical (unpaired) electrons. The molecule has 0 spiro atoms. The van der Waals surface area contributed by atoms with Gasteiger partial charge in [-0.3, -0.25) is 9.69 Å². The SMILES string of the molecule is CC(C)N1CC[C@H](NC(=O)c2ccccc2)C1.